The van der Waals surface area contributed by atoms with E-state index < -0.39 is 23.3 Å². The number of carbonyl (C=O) groups is 2. The Morgan fingerprint density at radius 3 is 2.36 bits per heavy atom. The number of aliphatic carboxylic acids is 1. The van der Waals surface area contributed by atoms with E-state index in [1.54, 1.807) is 40.7 Å². The molecular weight excluding hydrogens is 284 g/mol. The topological polar surface area (TPSA) is 99.5 Å². The van der Waals surface area contributed by atoms with E-state index in [1.165, 1.54) is 6.08 Å². The molecule has 0 aliphatic heterocycles. The van der Waals surface area contributed by atoms with Crippen LogP contribution in [0.4, 0.5) is 0 Å². The summed E-state index contributed by atoms with van der Waals surface area (Å²) >= 11 is 0. The quantitative estimate of drug-likeness (QED) is 0.364. The molecule has 0 radical (unpaired) electrons. The minimum Gasteiger partial charge on any atom is -0.480 e. The van der Waals surface area contributed by atoms with Gasteiger partial charge in [-0.1, -0.05) is 26.5 Å². The Kier molecular flexibility index (Phi) is 7.56. The van der Waals surface area contributed by atoms with Gasteiger partial charge in [-0.05, 0) is 32.3 Å². The zero-order valence-corrected chi connectivity index (χ0v) is 13.9. The molecule has 0 aromatic rings. The normalized spacial score (nSPS) is 13.5. The van der Waals surface area contributed by atoms with Crippen LogP contribution in [0, 0.1) is 16.7 Å². The molecule has 0 saturated heterocycles. The van der Waals surface area contributed by atoms with Gasteiger partial charge in [-0.2, -0.15) is 0 Å². The van der Waals surface area contributed by atoms with Crippen LogP contribution >= 0.6 is 0 Å². The first-order valence-electron chi connectivity index (χ1n) is 7.07. The number of nitrogens with one attached hydrogen (secondary N) is 2. The zero-order valence-electron chi connectivity index (χ0n) is 13.9. The first-order valence-corrected chi connectivity index (χ1v) is 7.07. The van der Waals surface area contributed by atoms with Gasteiger partial charge in [0.25, 0.3) is 0 Å². The zero-order chi connectivity index (χ0) is 17.5. The fraction of sp³-hybridized carbons (Fsp3) is 0.562. The van der Waals surface area contributed by atoms with E-state index >= 15 is 0 Å². The minimum atomic E-state index is -1.07. The Balaban J connectivity index is 4.73. The fourth-order valence-corrected chi connectivity index (χ4v) is 1.48. The molecule has 124 valence electrons. The second-order valence-corrected chi connectivity index (χ2v) is 6.16. The molecule has 0 aliphatic carbocycles. The molecule has 1 amide bonds. The molecule has 3 N–H and O–H groups in total. The van der Waals surface area contributed by atoms with Gasteiger partial charge in [0.15, 0.2) is 0 Å². The first kappa shape index (κ1) is 19.9. The molecule has 0 aromatic heterocycles. The van der Waals surface area contributed by atoms with Crippen LogP contribution in [-0.4, -0.2) is 35.5 Å². The third kappa shape index (κ3) is 6.56. The lowest BCUT2D eigenvalue weighted by Gasteiger charge is -2.27. The summed E-state index contributed by atoms with van der Waals surface area (Å²) in [6.45, 7) is 12.1. The predicted molar refractivity (Wildman–Crippen MR) is 85.8 cm³/mol. The largest absolute Gasteiger partial charge is 0.480 e. The molecule has 6 nitrogen and oxygen atoms in total. The lowest BCUT2D eigenvalue weighted by atomic mass is 9.92. The molecule has 0 bridgehead atoms. The van der Waals surface area contributed by atoms with Crippen LogP contribution in [0.3, 0.4) is 0 Å². The maximum Gasteiger partial charge on any atom is 0.326 e. The molecule has 22 heavy (non-hydrogen) atoms. The third-order valence-corrected chi connectivity index (χ3v) is 3.10. The summed E-state index contributed by atoms with van der Waals surface area (Å²) in [5.74, 6) is -1.80. The summed E-state index contributed by atoms with van der Waals surface area (Å²) in [7, 11) is 0. The van der Waals surface area contributed by atoms with Crippen molar-refractivity contribution in [1.82, 2.24) is 5.32 Å². The number of ether oxygens (including phenoxy) is 1. The van der Waals surface area contributed by atoms with Crippen molar-refractivity contribution in [3.63, 3.8) is 0 Å². The molecule has 6 heteroatoms. The van der Waals surface area contributed by atoms with Crippen LogP contribution in [0.2, 0.25) is 0 Å². The highest BCUT2D eigenvalue weighted by atomic mass is 16.5. The van der Waals surface area contributed by atoms with Gasteiger partial charge in [0.1, 0.15) is 12.6 Å². The lowest BCUT2D eigenvalue weighted by Crippen LogP contribution is -2.50. The number of rotatable bonds is 8. The minimum absolute atomic E-state index is 0.0248. The van der Waals surface area contributed by atoms with E-state index in [2.05, 4.69) is 11.9 Å². The monoisotopic (exact) mass is 310 g/mol. The van der Waals surface area contributed by atoms with Crippen molar-refractivity contribution in [1.29, 1.82) is 5.41 Å². The van der Waals surface area contributed by atoms with Gasteiger partial charge in [-0.15, -0.1) is 0 Å². The number of carbonyl (C=O) groups excluding carboxylic acids is 1. The van der Waals surface area contributed by atoms with Crippen molar-refractivity contribution in [3.05, 3.63) is 24.3 Å². The van der Waals surface area contributed by atoms with E-state index in [4.69, 9.17) is 15.3 Å². The van der Waals surface area contributed by atoms with Crippen molar-refractivity contribution in [2.24, 2.45) is 11.3 Å². The summed E-state index contributed by atoms with van der Waals surface area (Å²) in [5, 5.41) is 19.3. The predicted octanol–water partition coefficient (Wildman–Crippen LogP) is 2.36. The SMILES string of the molecule is C=C/C(C)=C/C(=N)OCC(C)(C)C(=O)N[C@H](C(=O)O)C(C)C. The Morgan fingerprint density at radius 1 is 1.41 bits per heavy atom. The summed E-state index contributed by atoms with van der Waals surface area (Å²) in [5.41, 5.74) is -0.178. The van der Waals surface area contributed by atoms with E-state index in [0.29, 0.717) is 0 Å². The highest BCUT2D eigenvalue weighted by Gasteiger charge is 2.33. The van der Waals surface area contributed by atoms with Crippen molar-refractivity contribution < 1.29 is 19.4 Å². The lowest BCUT2D eigenvalue weighted by molar-refractivity contribution is -0.145. The number of carboxylic acid groups (broad SMARTS) is 1. The molecule has 0 spiro atoms. The Morgan fingerprint density at radius 2 is 1.95 bits per heavy atom. The molecule has 1 atom stereocenters. The van der Waals surface area contributed by atoms with Gasteiger partial charge in [0.05, 0.1) is 5.41 Å². The highest BCUT2D eigenvalue weighted by Crippen LogP contribution is 2.17. The fourth-order valence-electron chi connectivity index (χ4n) is 1.48. The van der Waals surface area contributed by atoms with Crippen molar-refractivity contribution in [2.75, 3.05) is 6.61 Å². The average molecular weight is 310 g/mol. The maximum atomic E-state index is 12.2. The Bertz CT molecular complexity index is 479. The molecule has 0 heterocycles. The Labute approximate surface area is 131 Å². The van der Waals surface area contributed by atoms with Crippen LogP contribution in [0.15, 0.2) is 24.3 Å². The van der Waals surface area contributed by atoms with Crippen LogP contribution < -0.4 is 5.32 Å². The molecular formula is C16H26N2O4. The smallest absolute Gasteiger partial charge is 0.326 e. The van der Waals surface area contributed by atoms with Gasteiger partial charge < -0.3 is 15.2 Å². The van der Waals surface area contributed by atoms with Crippen LogP contribution in [0.1, 0.15) is 34.6 Å². The van der Waals surface area contributed by atoms with Gasteiger partial charge in [-0.25, -0.2) is 4.79 Å². The average Bonchev–Trinajstić information content (AvgIpc) is 2.41. The first-order chi connectivity index (χ1) is 10.0. The van der Waals surface area contributed by atoms with E-state index in [-0.39, 0.29) is 18.4 Å². The van der Waals surface area contributed by atoms with Crippen LogP contribution in [0.5, 0.6) is 0 Å². The Hall–Kier alpha value is -2.11. The number of carboxylic acids is 1. The summed E-state index contributed by atoms with van der Waals surface area (Å²) in [6.07, 6.45) is 3.09. The standard InChI is InChI=1S/C16H26N2O4/c1-7-11(4)8-12(17)22-9-16(5,6)15(21)18-13(10(2)3)14(19)20/h7-8,10,13,17H,1,9H2,2-6H3,(H,18,21)(H,19,20)/b11-8+,17-12?/t13-/m0/s1. The summed E-state index contributed by atoms with van der Waals surface area (Å²) in [6, 6.07) is -0.950. The molecule has 0 saturated carbocycles. The third-order valence-electron chi connectivity index (χ3n) is 3.10. The number of allylic oxidation sites excluding steroid dienone is 2. The number of hydrogen-bond donors (Lipinski definition) is 3. The van der Waals surface area contributed by atoms with Gasteiger partial charge in [-0.3, -0.25) is 10.2 Å². The van der Waals surface area contributed by atoms with E-state index in [9.17, 15) is 9.59 Å². The van der Waals surface area contributed by atoms with Crippen LogP contribution in [0.25, 0.3) is 0 Å². The highest BCUT2D eigenvalue weighted by molar-refractivity contribution is 5.88. The maximum absolute atomic E-state index is 12.2. The molecule has 0 rings (SSSR count). The van der Waals surface area contributed by atoms with Gasteiger partial charge in [0, 0.05) is 6.08 Å². The molecule has 0 aliphatic rings. The van der Waals surface area contributed by atoms with Crippen molar-refractivity contribution in [3.8, 4) is 0 Å². The van der Waals surface area contributed by atoms with Gasteiger partial charge in [0.2, 0.25) is 11.8 Å². The second-order valence-electron chi connectivity index (χ2n) is 6.16. The van der Waals surface area contributed by atoms with Crippen molar-refractivity contribution in [2.45, 2.75) is 40.7 Å². The van der Waals surface area contributed by atoms with Crippen LogP contribution in [-0.2, 0) is 14.3 Å². The summed E-state index contributed by atoms with van der Waals surface area (Å²) in [4.78, 5) is 23.3. The molecule has 0 unspecified atom stereocenters. The molecule has 0 fully saturated rings. The second kappa shape index (κ2) is 8.36. The van der Waals surface area contributed by atoms with Gasteiger partial charge >= 0.3 is 5.97 Å². The summed E-state index contributed by atoms with van der Waals surface area (Å²) < 4.78 is 5.25. The molecule has 0 aromatic carbocycles. The van der Waals surface area contributed by atoms with E-state index in [1.807, 2.05) is 0 Å². The van der Waals surface area contributed by atoms with E-state index in [0.717, 1.165) is 5.57 Å². The number of hydrogen-bond acceptors (Lipinski definition) is 4. The number of amides is 1. The van der Waals surface area contributed by atoms with Crippen molar-refractivity contribution >= 4 is 17.8 Å².